The van der Waals surface area contributed by atoms with Crippen molar-refractivity contribution in [2.45, 2.75) is 6.42 Å². The van der Waals surface area contributed by atoms with Crippen molar-refractivity contribution in [3.63, 3.8) is 0 Å². The average Bonchev–Trinajstić information content (AvgIpc) is 1.97. The first kappa shape index (κ1) is 7.61. The van der Waals surface area contributed by atoms with E-state index >= 15 is 0 Å². The highest BCUT2D eigenvalue weighted by Crippen LogP contribution is 2.08. The first-order valence-corrected chi connectivity index (χ1v) is 2.91. The smallest absolute Gasteiger partial charge is 0.220 e. The molecule has 0 aliphatic carbocycles. The van der Waals surface area contributed by atoms with Gasteiger partial charge in [-0.2, -0.15) is 9.65 Å². The molecule has 0 bridgehead atoms. The second-order valence-electron chi connectivity index (χ2n) is 1.90. The highest BCUT2D eigenvalue weighted by Gasteiger charge is 2.07. The molecule has 0 aliphatic heterocycles. The zero-order valence-corrected chi connectivity index (χ0v) is 5.51. The SMILES string of the molecule is N#CCc1c(F)ccnc1F. The summed E-state index contributed by atoms with van der Waals surface area (Å²) >= 11 is 0. The maximum absolute atomic E-state index is 12.6. The molecule has 0 saturated carbocycles. The van der Waals surface area contributed by atoms with Crippen LogP contribution in [0.25, 0.3) is 0 Å². The Morgan fingerprint density at radius 2 is 2.27 bits per heavy atom. The van der Waals surface area contributed by atoms with E-state index in [2.05, 4.69) is 4.98 Å². The molecule has 0 aromatic carbocycles. The summed E-state index contributed by atoms with van der Waals surface area (Å²) < 4.78 is 25.1. The fourth-order valence-corrected chi connectivity index (χ4v) is 0.682. The van der Waals surface area contributed by atoms with Crippen molar-refractivity contribution in [1.82, 2.24) is 4.98 Å². The molecule has 4 heteroatoms. The molecule has 0 aliphatic rings. The van der Waals surface area contributed by atoms with E-state index in [9.17, 15) is 8.78 Å². The van der Waals surface area contributed by atoms with Crippen LogP contribution in [0, 0.1) is 23.1 Å². The molecular formula is C7H4F2N2. The largest absolute Gasteiger partial charge is 0.228 e. The van der Waals surface area contributed by atoms with Gasteiger partial charge in [-0.15, -0.1) is 0 Å². The molecular weight excluding hydrogens is 150 g/mol. The normalized spacial score (nSPS) is 9.18. The average molecular weight is 154 g/mol. The lowest BCUT2D eigenvalue weighted by Gasteiger charge is -1.96. The van der Waals surface area contributed by atoms with E-state index in [-0.39, 0.29) is 12.0 Å². The van der Waals surface area contributed by atoms with Gasteiger partial charge in [0.25, 0.3) is 0 Å². The molecule has 0 fully saturated rings. The first-order chi connectivity index (χ1) is 5.25. The third-order valence-electron chi connectivity index (χ3n) is 1.20. The second kappa shape index (κ2) is 3.06. The standard InChI is InChI=1S/C7H4F2N2/c8-6-2-4-11-7(9)5(6)1-3-10/h2,4H,1H2. The number of nitriles is 1. The summed E-state index contributed by atoms with van der Waals surface area (Å²) in [4.78, 5) is 3.20. The van der Waals surface area contributed by atoms with Crippen LogP contribution in [-0.2, 0) is 6.42 Å². The Kier molecular flexibility index (Phi) is 2.12. The van der Waals surface area contributed by atoms with Crippen LogP contribution in [0.5, 0.6) is 0 Å². The van der Waals surface area contributed by atoms with Gasteiger partial charge in [0.15, 0.2) is 0 Å². The fourth-order valence-electron chi connectivity index (χ4n) is 0.682. The second-order valence-corrected chi connectivity index (χ2v) is 1.90. The lowest BCUT2D eigenvalue weighted by Crippen LogP contribution is -1.96. The van der Waals surface area contributed by atoms with Gasteiger partial charge in [0.1, 0.15) is 5.82 Å². The van der Waals surface area contributed by atoms with Crippen LogP contribution in [0.15, 0.2) is 12.3 Å². The molecule has 1 aromatic rings. The Bertz CT molecular complexity index is 284. The van der Waals surface area contributed by atoms with Crippen molar-refractivity contribution >= 4 is 0 Å². The van der Waals surface area contributed by atoms with Gasteiger partial charge in [-0.05, 0) is 6.07 Å². The highest BCUT2D eigenvalue weighted by atomic mass is 19.1. The molecule has 0 radical (unpaired) electrons. The van der Waals surface area contributed by atoms with E-state index in [1.54, 1.807) is 6.07 Å². The fraction of sp³-hybridized carbons (Fsp3) is 0.143. The lowest BCUT2D eigenvalue weighted by molar-refractivity contribution is 0.533. The van der Waals surface area contributed by atoms with Gasteiger partial charge in [0, 0.05) is 6.20 Å². The van der Waals surface area contributed by atoms with Gasteiger partial charge in [0.2, 0.25) is 5.95 Å². The molecule has 1 aromatic heterocycles. The molecule has 0 atom stereocenters. The van der Waals surface area contributed by atoms with E-state index in [4.69, 9.17) is 5.26 Å². The Morgan fingerprint density at radius 1 is 1.55 bits per heavy atom. The zero-order chi connectivity index (χ0) is 8.27. The monoisotopic (exact) mass is 154 g/mol. The Labute approximate surface area is 62.1 Å². The van der Waals surface area contributed by atoms with Crippen LogP contribution in [0.3, 0.4) is 0 Å². The molecule has 1 rings (SSSR count). The molecule has 0 saturated heterocycles. The van der Waals surface area contributed by atoms with Gasteiger partial charge < -0.3 is 0 Å². The van der Waals surface area contributed by atoms with Gasteiger partial charge in [-0.1, -0.05) is 0 Å². The molecule has 0 N–H and O–H groups in total. The van der Waals surface area contributed by atoms with Crippen LogP contribution >= 0.6 is 0 Å². The van der Waals surface area contributed by atoms with Crippen LogP contribution in [0.4, 0.5) is 8.78 Å². The minimum atomic E-state index is -0.911. The van der Waals surface area contributed by atoms with E-state index < -0.39 is 11.8 Å². The van der Waals surface area contributed by atoms with Gasteiger partial charge in [-0.25, -0.2) is 9.37 Å². The van der Waals surface area contributed by atoms with Gasteiger partial charge >= 0.3 is 0 Å². The Hall–Kier alpha value is -1.50. The predicted octanol–water partition coefficient (Wildman–Crippen LogP) is 1.43. The minimum Gasteiger partial charge on any atom is -0.228 e. The highest BCUT2D eigenvalue weighted by molar-refractivity contribution is 5.17. The Morgan fingerprint density at radius 3 is 2.82 bits per heavy atom. The van der Waals surface area contributed by atoms with Crippen LogP contribution in [0.1, 0.15) is 5.56 Å². The number of nitrogens with zero attached hydrogens (tertiary/aromatic N) is 2. The molecule has 56 valence electrons. The summed E-state index contributed by atoms with van der Waals surface area (Å²) in [6.07, 6.45) is 0.733. The molecule has 0 spiro atoms. The predicted molar refractivity (Wildman–Crippen MR) is 33.5 cm³/mol. The van der Waals surface area contributed by atoms with Crippen LogP contribution in [0.2, 0.25) is 0 Å². The van der Waals surface area contributed by atoms with E-state index in [1.165, 1.54) is 0 Å². The molecule has 1 heterocycles. The van der Waals surface area contributed by atoms with Crippen molar-refractivity contribution < 1.29 is 8.78 Å². The van der Waals surface area contributed by atoms with Crippen molar-refractivity contribution in [1.29, 1.82) is 5.26 Å². The molecule has 0 unspecified atom stereocenters. The number of rotatable bonds is 1. The summed E-state index contributed by atoms with van der Waals surface area (Å²) in [5.41, 5.74) is -0.269. The summed E-state index contributed by atoms with van der Waals surface area (Å²) in [7, 11) is 0. The molecule has 2 nitrogen and oxygen atoms in total. The number of pyridine rings is 1. The molecule has 0 amide bonds. The summed E-state index contributed by atoms with van der Waals surface area (Å²) in [6.45, 7) is 0. The quantitative estimate of drug-likeness (QED) is 0.573. The number of halogens is 2. The third-order valence-corrected chi connectivity index (χ3v) is 1.20. The number of aromatic nitrogens is 1. The maximum atomic E-state index is 12.6. The van der Waals surface area contributed by atoms with E-state index in [0.29, 0.717) is 0 Å². The minimum absolute atomic E-state index is 0.269. The maximum Gasteiger partial charge on any atom is 0.220 e. The van der Waals surface area contributed by atoms with Crippen LogP contribution in [-0.4, -0.2) is 4.98 Å². The van der Waals surface area contributed by atoms with Crippen molar-refractivity contribution in [2.75, 3.05) is 0 Å². The van der Waals surface area contributed by atoms with Crippen LogP contribution < -0.4 is 0 Å². The topological polar surface area (TPSA) is 36.7 Å². The molecule has 11 heavy (non-hydrogen) atoms. The van der Waals surface area contributed by atoms with Crippen molar-refractivity contribution in [3.8, 4) is 6.07 Å². The van der Waals surface area contributed by atoms with E-state index in [0.717, 1.165) is 12.3 Å². The van der Waals surface area contributed by atoms with Gasteiger partial charge in [-0.3, -0.25) is 0 Å². The van der Waals surface area contributed by atoms with Crippen molar-refractivity contribution in [3.05, 3.63) is 29.6 Å². The first-order valence-electron chi connectivity index (χ1n) is 2.91. The lowest BCUT2D eigenvalue weighted by atomic mass is 10.2. The van der Waals surface area contributed by atoms with Gasteiger partial charge in [0.05, 0.1) is 18.1 Å². The van der Waals surface area contributed by atoms with Crippen molar-refractivity contribution in [2.24, 2.45) is 0 Å². The number of hydrogen-bond donors (Lipinski definition) is 0. The summed E-state index contributed by atoms with van der Waals surface area (Å²) in [6, 6.07) is 2.67. The summed E-state index contributed by atoms with van der Waals surface area (Å²) in [5.74, 6) is -1.63. The number of hydrogen-bond acceptors (Lipinski definition) is 2. The third kappa shape index (κ3) is 1.49. The zero-order valence-electron chi connectivity index (χ0n) is 5.51. The Balaban J connectivity index is 3.12. The summed E-state index contributed by atoms with van der Waals surface area (Å²) in [5, 5.41) is 8.16. The van der Waals surface area contributed by atoms with E-state index in [1.807, 2.05) is 0 Å².